The van der Waals surface area contributed by atoms with Gasteiger partial charge >= 0.3 is 41.5 Å². The third-order valence-electron chi connectivity index (χ3n) is 3.35. The fourth-order valence-corrected chi connectivity index (χ4v) is 2.97. The first-order valence-electron chi connectivity index (χ1n) is 7.77. The first-order valence-corrected chi connectivity index (χ1v) is 9.35. The van der Waals surface area contributed by atoms with Crippen LogP contribution in [0.5, 0.6) is 0 Å². The number of carboxylic acids is 1. The molecule has 0 unspecified atom stereocenters. The van der Waals surface area contributed by atoms with E-state index < -0.39 is 5.97 Å². The maximum absolute atomic E-state index is 11.3. The molecule has 0 aromatic carbocycles. The van der Waals surface area contributed by atoms with Crippen molar-refractivity contribution in [3.05, 3.63) is 45.0 Å². The van der Waals surface area contributed by atoms with Crippen LogP contribution in [0.2, 0.25) is 0 Å². The predicted octanol–water partition coefficient (Wildman–Crippen LogP) is 1.36. The Morgan fingerprint density at radius 1 is 1.00 bits per heavy atom. The molecule has 4 aromatic rings. The van der Waals surface area contributed by atoms with E-state index in [4.69, 9.17) is 23.8 Å². The first kappa shape index (κ1) is 28.5. The van der Waals surface area contributed by atoms with Crippen molar-refractivity contribution in [2.24, 2.45) is 0 Å². The zero-order chi connectivity index (χ0) is 20.8. The van der Waals surface area contributed by atoms with E-state index in [9.17, 15) is 9.59 Å². The summed E-state index contributed by atoms with van der Waals surface area (Å²) in [6.07, 6.45) is 3.07. The Morgan fingerprint density at radius 3 is 1.83 bits per heavy atom. The van der Waals surface area contributed by atoms with Gasteiger partial charge in [0.2, 0.25) is 0 Å². The molecule has 0 aliphatic carbocycles. The number of nitrogens with one attached hydrogen (secondary N) is 2. The SMILES string of the molecule is CCOC(=O)c1cc2occ(Br)c2[nH]1.CO.O=C(O)c1cc2occ(Br)c2[nH]1.[Na+].[OH-]. The van der Waals surface area contributed by atoms with Gasteiger partial charge in [0.15, 0.2) is 11.2 Å². The Labute approximate surface area is 208 Å². The van der Waals surface area contributed by atoms with Crippen molar-refractivity contribution in [1.82, 2.24) is 9.97 Å². The van der Waals surface area contributed by atoms with Crippen LogP contribution in [-0.2, 0) is 4.74 Å². The first-order chi connectivity index (χ1) is 13.4. The van der Waals surface area contributed by atoms with Crippen LogP contribution >= 0.6 is 31.9 Å². The number of ether oxygens (including phenoxy) is 1. The number of halogens is 2. The molecule has 4 heterocycles. The van der Waals surface area contributed by atoms with E-state index in [-0.39, 0.29) is 46.7 Å². The van der Waals surface area contributed by atoms with E-state index in [1.807, 2.05) is 0 Å². The van der Waals surface area contributed by atoms with Gasteiger partial charge in [0.1, 0.15) is 23.9 Å². The van der Waals surface area contributed by atoms with Crippen molar-refractivity contribution in [3.63, 3.8) is 0 Å². The number of aliphatic hydroxyl groups is 1. The van der Waals surface area contributed by atoms with Gasteiger partial charge in [-0.2, -0.15) is 0 Å². The van der Waals surface area contributed by atoms with Crippen LogP contribution in [0, 0.1) is 0 Å². The Balaban J connectivity index is 0.000000492. The maximum Gasteiger partial charge on any atom is 1.00 e. The Hall–Kier alpha value is -1.54. The molecule has 158 valence electrons. The number of hydrogen-bond acceptors (Lipinski definition) is 7. The van der Waals surface area contributed by atoms with Gasteiger partial charge in [0, 0.05) is 19.2 Å². The van der Waals surface area contributed by atoms with Crippen LogP contribution in [0.15, 0.2) is 42.4 Å². The quantitative estimate of drug-likeness (QED) is 0.215. The summed E-state index contributed by atoms with van der Waals surface area (Å²) in [4.78, 5) is 27.4. The average molecular weight is 560 g/mol. The summed E-state index contributed by atoms with van der Waals surface area (Å²) >= 11 is 6.50. The molecule has 0 saturated carbocycles. The van der Waals surface area contributed by atoms with Gasteiger partial charge in [0.05, 0.1) is 26.6 Å². The molecule has 0 saturated heterocycles. The van der Waals surface area contributed by atoms with E-state index in [1.165, 1.54) is 12.3 Å². The monoisotopic (exact) mass is 558 g/mol. The smallest absolute Gasteiger partial charge is 0.870 e. The standard InChI is InChI=1S/C9H8BrNO3.C7H4BrNO3.CH4O.Na.H2O/c1-2-13-9(12)6-3-7-8(11-6)5(10)4-14-7;8-3-2-12-5-1-4(7(10)11)9-6(3)5;1-2;;/h3-4,11H,2H2,1H3;1-2,9H,(H,10,11);2H,1H3;;1H2/q;;;+1;/p-1. The van der Waals surface area contributed by atoms with Crippen molar-refractivity contribution in [3.8, 4) is 0 Å². The van der Waals surface area contributed by atoms with Crippen LogP contribution in [0.25, 0.3) is 22.2 Å². The predicted molar refractivity (Wildman–Crippen MR) is 110 cm³/mol. The minimum absolute atomic E-state index is 0. The number of carbonyl (C=O) groups is 2. The number of esters is 1. The number of aromatic carboxylic acids is 1. The Morgan fingerprint density at radius 2 is 1.43 bits per heavy atom. The summed E-state index contributed by atoms with van der Waals surface area (Å²) in [6, 6.07) is 3.07. The van der Waals surface area contributed by atoms with E-state index in [1.54, 1.807) is 19.3 Å². The molecule has 4 aromatic heterocycles. The molecule has 0 spiro atoms. The van der Waals surface area contributed by atoms with Crippen LogP contribution in [0.4, 0.5) is 0 Å². The number of aromatic nitrogens is 2. The zero-order valence-corrected chi connectivity index (χ0v) is 21.3. The molecule has 13 heteroatoms. The summed E-state index contributed by atoms with van der Waals surface area (Å²) in [5, 5.41) is 15.6. The molecule has 5 N–H and O–H groups in total. The number of fused-ring (bicyclic) bond motifs is 2. The Bertz CT molecular complexity index is 1100. The number of furan rings is 2. The minimum atomic E-state index is -0.992. The van der Waals surface area contributed by atoms with Gasteiger partial charge in [-0.1, -0.05) is 0 Å². The van der Waals surface area contributed by atoms with Crippen molar-refractivity contribution in [1.29, 1.82) is 0 Å². The molecule has 30 heavy (non-hydrogen) atoms. The van der Waals surface area contributed by atoms with Gasteiger partial charge in [-0.25, -0.2) is 9.59 Å². The topological polar surface area (TPSA) is 172 Å². The summed E-state index contributed by atoms with van der Waals surface area (Å²) in [6.45, 7) is 2.13. The third-order valence-corrected chi connectivity index (χ3v) is 4.51. The van der Waals surface area contributed by atoms with E-state index in [0.29, 0.717) is 29.0 Å². The summed E-state index contributed by atoms with van der Waals surface area (Å²) in [5.41, 5.74) is 3.16. The van der Waals surface area contributed by atoms with Gasteiger partial charge in [-0.15, -0.1) is 0 Å². The molecule has 0 bridgehead atoms. The number of H-pyrrole nitrogens is 2. The van der Waals surface area contributed by atoms with E-state index >= 15 is 0 Å². The second-order valence-corrected chi connectivity index (χ2v) is 6.75. The molecule has 0 aliphatic heterocycles. The van der Waals surface area contributed by atoms with Crippen molar-refractivity contribution in [2.75, 3.05) is 13.7 Å². The fraction of sp³-hybridized carbons (Fsp3) is 0.176. The summed E-state index contributed by atoms with van der Waals surface area (Å²) < 4.78 is 16.6. The third kappa shape index (κ3) is 6.48. The molecular weight excluding hydrogens is 543 g/mol. The van der Waals surface area contributed by atoms with Crippen molar-refractivity contribution in [2.45, 2.75) is 6.92 Å². The van der Waals surface area contributed by atoms with Crippen molar-refractivity contribution < 1.29 is 68.4 Å². The van der Waals surface area contributed by atoms with Gasteiger partial charge in [-0.3, -0.25) is 0 Å². The largest absolute Gasteiger partial charge is 1.00 e. The zero-order valence-electron chi connectivity index (χ0n) is 16.2. The molecule has 4 rings (SSSR count). The van der Waals surface area contributed by atoms with Gasteiger partial charge < -0.3 is 39.2 Å². The molecule has 10 nitrogen and oxygen atoms in total. The molecule has 0 fully saturated rings. The number of aromatic amines is 2. The van der Waals surface area contributed by atoms with Gasteiger partial charge in [0.25, 0.3) is 0 Å². The van der Waals surface area contributed by atoms with Crippen LogP contribution in [-0.4, -0.2) is 51.3 Å². The normalized spacial score (nSPS) is 9.50. The van der Waals surface area contributed by atoms with E-state index in [2.05, 4.69) is 41.8 Å². The minimum Gasteiger partial charge on any atom is -0.870 e. The molecule has 0 amide bonds. The number of aliphatic hydroxyl groups excluding tert-OH is 1. The second-order valence-electron chi connectivity index (χ2n) is 5.04. The Kier molecular flexibility index (Phi) is 12.3. The fourth-order valence-electron chi connectivity index (χ4n) is 2.19. The summed E-state index contributed by atoms with van der Waals surface area (Å²) in [7, 11) is 1.00. The molecule has 0 atom stereocenters. The number of carboxylic acid groups (broad SMARTS) is 1. The second kappa shape index (κ2) is 13.0. The molecule has 0 aliphatic rings. The number of carbonyl (C=O) groups excluding carboxylic acids is 1. The maximum atomic E-state index is 11.3. The van der Waals surface area contributed by atoms with Crippen molar-refractivity contribution >= 4 is 66.0 Å². The van der Waals surface area contributed by atoms with Crippen LogP contribution in [0.3, 0.4) is 0 Å². The molecular formula is C17H17Br2N2NaO8. The van der Waals surface area contributed by atoms with Gasteiger partial charge in [-0.05, 0) is 38.8 Å². The summed E-state index contributed by atoms with van der Waals surface area (Å²) in [5.74, 6) is -1.36. The number of hydrogen-bond donors (Lipinski definition) is 4. The van der Waals surface area contributed by atoms with Crippen LogP contribution < -0.4 is 29.6 Å². The van der Waals surface area contributed by atoms with Crippen LogP contribution in [0.1, 0.15) is 27.9 Å². The number of rotatable bonds is 3. The molecule has 0 radical (unpaired) electrons. The average Bonchev–Trinajstić information content (AvgIpc) is 3.42. The van der Waals surface area contributed by atoms with E-state index in [0.717, 1.165) is 21.6 Å².